The smallest absolute Gasteiger partial charge is 0.198 e. The first-order valence-corrected chi connectivity index (χ1v) is 13.4. The van der Waals surface area contributed by atoms with Crippen molar-refractivity contribution in [2.24, 2.45) is 0 Å². The molecular weight excluding hydrogens is 512 g/mol. The summed E-state index contributed by atoms with van der Waals surface area (Å²) in [6.45, 7) is 0. The highest BCUT2D eigenvalue weighted by Gasteiger charge is 2.35. The number of carbonyl (C=O) groups excluding carboxylic acids is 1. The number of aliphatic hydroxyl groups is 1. The molecule has 5 aromatic carbocycles. The van der Waals surface area contributed by atoms with E-state index in [1.165, 1.54) is 14.2 Å². The molecule has 5 rings (SSSR count). The average Bonchev–Trinajstić information content (AvgIpc) is 3.05. The molecule has 0 aliphatic heterocycles. The second-order valence-corrected chi connectivity index (χ2v) is 9.62. The van der Waals surface area contributed by atoms with Gasteiger partial charge in [0.25, 0.3) is 0 Å². The zero-order valence-electron chi connectivity index (χ0n) is 23.0. The van der Waals surface area contributed by atoms with Crippen molar-refractivity contribution in [1.82, 2.24) is 0 Å². The van der Waals surface area contributed by atoms with E-state index in [1.807, 2.05) is 115 Å². The van der Waals surface area contributed by atoms with E-state index in [9.17, 15) is 9.90 Å². The highest BCUT2D eigenvalue weighted by atomic mass is 16.5. The Labute approximate surface area is 240 Å². The lowest BCUT2D eigenvalue weighted by atomic mass is 9.93. The van der Waals surface area contributed by atoms with Crippen LogP contribution in [-0.2, 0) is 4.74 Å². The van der Waals surface area contributed by atoms with Crippen molar-refractivity contribution in [2.45, 2.75) is 18.3 Å². The van der Waals surface area contributed by atoms with Gasteiger partial charge < -0.3 is 19.3 Å². The largest absolute Gasteiger partial charge is 0.497 e. The molecule has 1 N–H and O–H groups in total. The Bertz CT molecular complexity index is 1510. The quantitative estimate of drug-likeness (QED) is 0.175. The average molecular weight is 545 g/mol. The first-order chi connectivity index (χ1) is 20.1. The predicted octanol–water partition coefficient (Wildman–Crippen LogP) is 7.46. The number of benzene rings is 5. The molecule has 5 aromatic rings. The zero-order chi connectivity index (χ0) is 28.6. The monoisotopic (exact) mass is 544 g/mol. The lowest BCUT2D eigenvalue weighted by Crippen LogP contribution is -2.33. The summed E-state index contributed by atoms with van der Waals surface area (Å²) < 4.78 is 17.6. The number of carbonyl (C=O) groups is 1. The Kier molecular flexibility index (Phi) is 8.89. The zero-order valence-corrected chi connectivity index (χ0v) is 23.0. The maximum atomic E-state index is 14.3. The minimum absolute atomic E-state index is 0.261. The van der Waals surface area contributed by atoms with Gasteiger partial charge in [-0.3, -0.25) is 4.79 Å². The molecule has 0 saturated heterocycles. The van der Waals surface area contributed by atoms with Gasteiger partial charge in [0.1, 0.15) is 23.7 Å². The molecular formula is C36H32O5. The molecule has 0 radical (unpaired) electrons. The van der Waals surface area contributed by atoms with Crippen molar-refractivity contribution in [3.8, 4) is 22.6 Å². The molecule has 0 aromatic heterocycles. The van der Waals surface area contributed by atoms with Gasteiger partial charge in [-0.25, -0.2) is 0 Å². The topological polar surface area (TPSA) is 65.0 Å². The van der Waals surface area contributed by atoms with Gasteiger partial charge in [0.2, 0.25) is 0 Å². The summed E-state index contributed by atoms with van der Waals surface area (Å²) in [7, 11) is 3.04. The van der Waals surface area contributed by atoms with Crippen molar-refractivity contribution in [2.75, 3.05) is 14.2 Å². The molecule has 0 unspecified atom stereocenters. The molecule has 2 atom stereocenters. The third-order valence-corrected chi connectivity index (χ3v) is 7.06. The maximum Gasteiger partial charge on any atom is 0.198 e. The number of hydrogen-bond donors (Lipinski definition) is 1. The van der Waals surface area contributed by atoms with E-state index >= 15 is 0 Å². The normalized spacial score (nSPS) is 12.5. The van der Waals surface area contributed by atoms with Gasteiger partial charge in [0, 0.05) is 0 Å². The summed E-state index contributed by atoms with van der Waals surface area (Å²) in [6, 6.07) is 41.9. The van der Waals surface area contributed by atoms with E-state index in [2.05, 4.69) is 0 Å². The fraction of sp³-hybridized carbons (Fsp3) is 0.139. The van der Waals surface area contributed by atoms with E-state index in [1.54, 1.807) is 18.2 Å². The summed E-state index contributed by atoms with van der Waals surface area (Å²) in [6.07, 6.45) is -3.14. The summed E-state index contributed by atoms with van der Waals surface area (Å²) in [5.74, 6) is 0.446. The number of Topliss-reactive ketones (excluding diaryl/α,β-unsaturated/α-hetero) is 1. The second kappa shape index (κ2) is 13.1. The standard InChI is InChI=1S/C36H32O5/c1-39-30-22-23-32(40-2)31(24-30)34(38)36(33(37)27-20-18-26(19-21-27)25-12-6-3-7-13-25)41-35(28-14-8-4-9-15-28)29-16-10-5-11-17-29/h3-24,33,35-37H,1-2H3/t33-,36+/m1/s1. The molecule has 41 heavy (non-hydrogen) atoms. The van der Waals surface area contributed by atoms with Crippen molar-refractivity contribution in [3.05, 3.63) is 156 Å². The van der Waals surface area contributed by atoms with Crippen molar-refractivity contribution in [1.29, 1.82) is 0 Å². The van der Waals surface area contributed by atoms with Crippen LogP contribution in [0.1, 0.15) is 39.3 Å². The fourth-order valence-corrected chi connectivity index (χ4v) is 4.87. The predicted molar refractivity (Wildman–Crippen MR) is 160 cm³/mol. The number of ketones is 1. The molecule has 0 aliphatic rings. The number of aliphatic hydroxyl groups excluding tert-OH is 1. The van der Waals surface area contributed by atoms with Crippen LogP contribution < -0.4 is 9.47 Å². The fourth-order valence-electron chi connectivity index (χ4n) is 4.87. The van der Waals surface area contributed by atoms with Crippen LogP contribution in [0.3, 0.4) is 0 Å². The van der Waals surface area contributed by atoms with Gasteiger partial charge in [0.15, 0.2) is 11.9 Å². The van der Waals surface area contributed by atoms with Crippen LogP contribution in [0.25, 0.3) is 11.1 Å². The minimum Gasteiger partial charge on any atom is -0.497 e. The number of ether oxygens (including phenoxy) is 3. The third-order valence-electron chi connectivity index (χ3n) is 7.06. The Morgan fingerprint density at radius 2 is 1.15 bits per heavy atom. The highest BCUT2D eigenvalue weighted by Crippen LogP contribution is 2.35. The van der Waals surface area contributed by atoms with Gasteiger partial charge in [-0.15, -0.1) is 0 Å². The molecule has 5 heteroatoms. The molecule has 206 valence electrons. The van der Waals surface area contributed by atoms with E-state index in [4.69, 9.17) is 14.2 Å². The van der Waals surface area contributed by atoms with Crippen LogP contribution in [0.5, 0.6) is 11.5 Å². The lowest BCUT2D eigenvalue weighted by Gasteiger charge is -2.29. The van der Waals surface area contributed by atoms with E-state index < -0.39 is 24.1 Å². The van der Waals surface area contributed by atoms with Gasteiger partial charge in [-0.2, -0.15) is 0 Å². The first kappa shape index (κ1) is 27.8. The summed E-state index contributed by atoms with van der Waals surface area (Å²) >= 11 is 0. The SMILES string of the molecule is COc1ccc(OC)c(C(=O)[C@@H](OC(c2ccccc2)c2ccccc2)[C@H](O)c2ccc(-c3ccccc3)cc2)c1. The van der Waals surface area contributed by atoms with Crippen LogP contribution in [0, 0.1) is 0 Å². The van der Waals surface area contributed by atoms with Crippen LogP contribution in [0.2, 0.25) is 0 Å². The molecule has 0 spiro atoms. The van der Waals surface area contributed by atoms with Gasteiger partial charge in [-0.1, -0.05) is 115 Å². The molecule has 0 bridgehead atoms. The molecule has 0 aliphatic carbocycles. The Hall–Kier alpha value is -4.71. The van der Waals surface area contributed by atoms with Crippen molar-refractivity contribution in [3.63, 3.8) is 0 Å². The van der Waals surface area contributed by atoms with Gasteiger partial charge in [-0.05, 0) is 46.0 Å². The molecule has 0 heterocycles. The van der Waals surface area contributed by atoms with Crippen LogP contribution in [0.4, 0.5) is 0 Å². The molecule has 0 fully saturated rings. The Balaban J connectivity index is 1.57. The van der Waals surface area contributed by atoms with Crippen LogP contribution in [-0.4, -0.2) is 31.2 Å². The van der Waals surface area contributed by atoms with Gasteiger partial charge >= 0.3 is 0 Å². The van der Waals surface area contributed by atoms with E-state index in [0.29, 0.717) is 17.1 Å². The second-order valence-electron chi connectivity index (χ2n) is 9.62. The molecule has 0 amide bonds. The Morgan fingerprint density at radius 1 is 0.610 bits per heavy atom. The highest BCUT2D eigenvalue weighted by molar-refractivity contribution is 6.02. The van der Waals surface area contributed by atoms with E-state index in [-0.39, 0.29) is 5.56 Å². The molecule has 5 nitrogen and oxygen atoms in total. The maximum absolute atomic E-state index is 14.3. The number of hydrogen-bond acceptors (Lipinski definition) is 5. The third kappa shape index (κ3) is 6.38. The summed E-state index contributed by atoms with van der Waals surface area (Å²) in [4.78, 5) is 14.3. The lowest BCUT2D eigenvalue weighted by molar-refractivity contribution is -0.0489. The van der Waals surface area contributed by atoms with Crippen LogP contribution >= 0.6 is 0 Å². The number of rotatable bonds is 11. The Morgan fingerprint density at radius 3 is 1.68 bits per heavy atom. The minimum atomic E-state index is -1.27. The number of methoxy groups -OCH3 is 2. The summed E-state index contributed by atoms with van der Waals surface area (Å²) in [5, 5.41) is 11.8. The van der Waals surface area contributed by atoms with Crippen molar-refractivity contribution >= 4 is 5.78 Å². The summed E-state index contributed by atoms with van der Waals surface area (Å²) in [5.41, 5.74) is 4.61. The van der Waals surface area contributed by atoms with Crippen LogP contribution in [0.15, 0.2) is 133 Å². The first-order valence-electron chi connectivity index (χ1n) is 13.4. The molecule has 0 saturated carbocycles. The van der Waals surface area contributed by atoms with Gasteiger partial charge in [0.05, 0.1) is 19.8 Å². The van der Waals surface area contributed by atoms with Crippen molar-refractivity contribution < 1.29 is 24.1 Å². The van der Waals surface area contributed by atoms with E-state index in [0.717, 1.165) is 22.3 Å².